The first-order valence-electron chi connectivity index (χ1n) is 18.0. The number of hydrogen-bond acceptors (Lipinski definition) is 13. The summed E-state index contributed by atoms with van der Waals surface area (Å²) >= 11 is 0. The molecule has 0 rings (SSSR count). The monoisotopic (exact) mass is 758 g/mol. The van der Waals surface area contributed by atoms with Crippen molar-refractivity contribution < 1.29 is 43.5 Å². The summed E-state index contributed by atoms with van der Waals surface area (Å²) in [4.78, 5) is 101. The van der Waals surface area contributed by atoms with Crippen LogP contribution in [0, 0.1) is 0 Å². The molecule has 304 valence electrons. The second-order valence-corrected chi connectivity index (χ2v) is 12.5. The number of rotatable bonds is 31. The highest BCUT2D eigenvalue weighted by atomic mass is 16.4. The zero-order valence-electron chi connectivity index (χ0n) is 30.5. The Labute approximate surface area is 309 Å². The van der Waals surface area contributed by atoms with E-state index in [1.807, 2.05) is 0 Å². The number of aliphatic carboxylic acids is 1. The van der Waals surface area contributed by atoms with E-state index >= 15 is 0 Å². The van der Waals surface area contributed by atoms with Crippen LogP contribution >= 0.6 is 0 Å². The van der Waals surface area contributed by atoms with Crippen molar-refractivity contribution in [3.63, 3.8) is 0 Å². The van der Waals surface area contributed by atoms with Crippen LogP contribution in [0.25, 0.3) is 0 Å². The number of carboxylic acid groups (broad SMARTS) is 1. The van der Waals surface area contributed by atoms with E-state index in [0.717, 1.165) is 0 Å². The third kappa shape index (κ3) is 23.0. The predicted molar refractivity (Wildman–Crippen MR) is 195 cm³/mol. The van der Waals surface area contributed by atoms with Crippen LogP contribution in [-0.4, -0.2) is 122 Å². The molecule has 5 atom stereocenters. The van der Waals surface area contributed by atoms with Crippen molar-refractivity contribution in [2.24, 2.45) is 34.4 Å². The SMILES string of the molecule is NCCCC[C@H](NC(=O)[C@H](CC(N)=O)NC(=O)[C@H](CCCCN)NC(=O)[C@H](CCCCN)NC(=O)[C@@H](N)CCCCN)C(=O)NCC(=O)NCC(=O)O. The Balaban J connectivity index is 6.04. The molecule has 53 heavy (non-hydrogen) atoms. The molecule has 0 bridgehead atoms. The lowest BCUT2D eigenvalue weighted by molar-refractivity contribution is -0.138. The van der Waals surface area contributed by atoms with Crippen LogP contribution in [0.5, 0.6) is 0 Å². The minimum Gasteiger partial charge on any atom is -0.480 e. The van der Waals surface area contributed by atoms with Crippen molar-refractivity contribution in [3.8, 4) is 0 Å². The lowest BCUT2D eigenvalue weighted by atomic mass is 10.0. The Bertz CT molecular complexity index is 1180. The molecule has 19 N–H and O–H groups in total. The van der Waals surface area contributed by atoms with E-state index in [0.29, 0.717) is 77.4 Å². The van der Waals surface area contributed by atoms with E-state index in [1.165, 1.54) is 0 Å². The average molecular weight is 759 g/mol. The lowest BCUT2D eigenvalue weighted by Crippen LogP contribution is -2.59. The number of unbranched alkanes of at least 4 members (excludes halogenated alkanes) is 4. The summed E-state index contributed by atoms with van der Waals surface area (Å²) in [6, 6.07) is -6.02. The van der Waals surface area contributed by atoms with E-state index in [9.17, 15) is 38.4 Å². The molecule has 0 aromatic heterocycles. The molecule has 0 radical (unpaired) electrons. The van der Waals surface area contributed by atoms with Crippen molar-refractivity contribution in [1.82, 2.24) is 31.9 Å². The Morgan fingerprint density at radius 2 is 0.849 bits per heavy atom. The molecule has 0 aromatic carbocycles. The fourth-order valence-electron chi connectivity index (χ4n) is 4.96. The molecule has 0 saturated heterocycles. The van der Waals surface area contributed by atoms with Gasteiger partial charge in [-0.25, -0.2) is 0 Å². The van der Waals surface area contributed by atoms with Gasteiger partial charge in [0.05, 0.1) is 19.0 Å². The van der Waals surface area contributed by atoms with Gasteiger partial charge in [-0.05, 0) is 96.8 Å². The van der Waals surface area contributed by atoms with E-state index in [4.69, 9.17) is 39.5 Å². The third-order valence-corrected chi connectivity index (χ3v) is 7.94. The summed E-state index contributed by atoms with van der Waals surface area (Å²) in [6.07, 6.45) is 4.10. The highest BCUT2D eigenvalue weighted by Crippen LogP contribution is 2.09. The van der Waals surface area contributed by atoms with Crippen LogP contribution in [0.15, 0.2) is 0 Å². The molecule has 0 spiro atoms. The fraction of sp³-hybridized carbons (Fsp3) is 0.750. The van der Waals surface area contributed by atoms with Crippen molar-refractivity contribution >= 4 is 47.3 Å². The summed E-state index contributed by atoms with van der Waals surface area (Å²) in [5.41, 5.74) is 33.8. The molecule has 21 heteroatoms. The molecule has 0 aromatic rings. The van der Waals surface area contributed by atoms with Crippen molar-refractivity contribution in [2.45, 2.75) is 114 Å². The Morgan fingerprint density at radius 1 is 0.472 bits per heavy atom. The molecular weight excluding hydrogens is 696 g/mol. The van der Waals surface area contributed by atoms with Crippen LogP contribution in [0.2, 0.25) is 0 Å². The second kappa shape index (κ2) is 29.1. The number of nitrogens with one attached hydrogen (secondary N) is 6. The molecule has 0 saturated carbocycles. The van der Waals surface area contributed by atoms with Gasteiger partial charge in [-0.3, -0.25) is 38.4 Å². The molecule has 0 fully saturated rings. The topological polar surface area (TPSA) is 385 Å². The van der Waals surface area contributed by atoms with Gasteiger partial charge >= 0.3 is 5.97 Å². The van der Waals surface area contributed by atoms with Gasteiger partial charge in [-0.1, -0.05) is 6.42 Å². The average Bonchev–Trinajstić information content (AvgIpc) is 3.11. The van der Waals surface area contributed by atoms with Gasteiger partial charge in [0, 0.05) is 0 Å². The van der Waals surface area contributed by atoms with Gasteiger partial charge < -0.3 is 71.4 Å². The summed E-state index contributed by atoms with van der Waals surface area (Å²) in [5.74, 6) is -6.87. The first-order valence-corrected chi connectivity index (χ1v) is 18.0. The number of hydrogen-bond donors (Lipinski definition) is 13. The minimum atomic E-state index is -1.58. The highest BCUT2D eigenvalue weighted by molar-refractivity contribution is 5.97. The van der Waals surface area contributed by atoms with Crippen LogP contribution < -0.4 is 66.3 Å². The molecule has 0 aliphatic carbocycles. The Morgan fingerprint density at radius 3 is 1.26 bits per heavy atom. The van der Waals surface area contributed by atoms with Gasteiger partial charge in [0.2, 0.25) is 41.4 Å². The number of carboxylic acids is 1. The maximum absolute atomic E-state index is 13.6. The Kier molecular flexibility index (Phi) is 26.6. The van der Waals surface area contributed by atoms with Gasteiger partial charge in [0.1, 0.15) is 30.7 Å². The van der Waals surface area contributed by atoms with Gasteiger partial charge in [-0.2, -0.15) is 0 Å². The largest absolute Gasteiger partial charge is 0.480 e. The smallest absolute Gasteiger partial charge is 0.322 e. The van der Waals surface area contributed by atoms with E-state index in [-0.39, 0.29) is 25.8 Å². The van der Waals surface area contributed by atoms with Crippen LogP contribution in [0.1, 0.15) is 83.5 Å². The zero-order valence-corrected chi connectivity index (χ0v) is 30.5. The van der Waals surface area contributed by atoms with E-state index in [2.05, 4.69) is 31.9 Å². The number of nitrogens with two attached hydrogens (primary N) is 6. The van der Waals surface area contributed by atoms with Crippen molar-refractivity contribution in [1.29, 1.82) is 0 Å². The molecule has 0 aliphatic heterocycles. The fourth-order valence-corrected chi connectivity index (χ4v) is 4.96. The van der Waals surface area contributed by atoms with E-state index in [1.54, 1.807) is 0 Å². The van der Waals surface area contributed by atoms with Gasteiger partial charge in [0.15, 0.2) is 0 Å². The van der Waals surface area contributed by atoms with Crippen LogP contribution in [0.4, 0.5) is 0 Å². The van der Waals surface area contributed by atoms with Gasteiger partial charge in [-0.15, -0.1) is 0 Å². The van der Waals surface area contributed by atoms with Crippen molar-refractivity contribution in [3.05, 3.63) is 0 Å². The summed E-state index contributed by atoms with van der Waals surface area (Å²) in [5, 5.41) is 23.3. The molecule has 7 amide bonds. The first kappa shape index (κ1) is 48.6. The van der Waals surface area contributed by atoms with Crippen LogP contribution in [0.3, 0.4) is 0 Å². The third-order valence-electron chi connectivity index (χ3n) is 7.94. The summed E-state index contributed by atoms with van der Waals surface area (Å²) < 4.78 is 0. The normalized spacial score (nSPS) is 13.7. The number of carbonyl (C=O) groups is 8. The van der Waals surface area contributed by atoms with Gasteiger partial charge in [0.25, 0.3) is 0 Å². The van der Waals surface area contributed by atoms with Crippen LogP contribution in [-0.2, 0) is 38.4 Å². The van der Waals surface area contributed by atoms with Crippen molar-refractivity contribution in [2.75, 3.05) is 39.3 Å². The Hall–Kier alpha value is -4.44. The number of carbonyl (C=O) groups excluding carboxylic acids is 7. The quantitative estimate of drug-likeness (QED) is 0.0295. The maximum atomic E-state index is 13.6. The predicted octanol–water partition coefficient (Wildman–Crippen LogP) is -5.04. The molecule has 0 heterocycles. The summed E-state index contributed by atoms with van der Waals surface area (Å²) in [7, 11) is 0. The highest BCUT2D eigenvalue weighted by Gasteiger charge is 2.32. The zero-order chi connectivity index (χ0) is 40.2. The first-order chi connectivity index (χ1) is 25.2. The second-order valence-electron chi connectivity index (χ2n) is 12.5. The molecular formula is C32H62N12O9. The number of amides is 7. The lowest BCUT2D eigenvalue weighted by Gasteiger charge is -2.26. The summed E-state index contributed by atoms with van der Waals surface area (Å²) in [6.45, 7) is 0.123. The molecule has 21 nitrogen and oxygen atoms in total. The number of primary amides is 1. The standard InChI is InChI=1S/C32H62N12O9/c33-13-5-1-9-20(37)28(49)41-22(11-3-7-15-35)30(51)43-23(12-4-8-16-36)31(52)44-24(17-25(38)45)32(53)42-21(10-2-6-14-34)29(50)40-18-26(46)39-19-27(47)48/h20-24H,1-19,33-37H2,(H2,38,45)(H,39,46)(H,40,50)(H,41,49)(H,42,53)(H,43,51)(H,44,52)(H,47,48)/t20-,21-,22-,23-,24-/m0/s1. The maximum Gasteiger partial charge on any atom is 0.322 e. The molecule has 0 aliphatic rings. The molecule has 0 unspecified atom stereocenters. The van der Waals surface area contributed by atoms with E-state index < -0.39 is 97.0 Å². The minimum absolute atomic E-state index is 0.0640.